The summed E-state index contributed by atoms with van der Waals surface area (Å²) in [4.78, 5) is 25.9. The van der Waals surface area contributed by atoms with E-state index in [0.29, 0.717) is 33.7 Å². The van der Waals surface area contributed by atoms with Crippen molar-refractivity contribution >= 4 is 44.3 Å². The molecule has 1 aliphatic heterocycles. The molecular formula is C34H38FN5O8S. The molecule has 3 atom stereocenters. The number of fused-ring (bicyclic) bond motifs is 2. The Balaban J connectivity index is 1.46. The van der Waals surface area contributed by atoms with Crippen LogP contribution in [-0.4, -0.2) is 78.2 Å². The predicted molar refractivity (Wildman–Crippen MR) is 182 cm³/mol. The third-order valence-corrected chi connectivity index (χ3v) is 9.05. The van der Waals surface area contributed by atoms with Crippen molar-refractivity contribution in [2.45, 2.75) is 31.6 Å². The number of halogens is 1. The van der Waals surface area contributed by atoms with E-state index >= 15 is 0 Å². The molecule has 0 aliphatic carbocycles. The lowest BCUT2D eigenvalue weighted by Crippen LogP contribution is -2.41. The largest absolute Gasteiger partial charge is 0.462 e. The Bertz CT molecular complexity index is 1960. The zero-order chi connectivity index (χ0) is 35.5. The van der Waals surface area contributed by atoms with Gasteiger partial charge in [-0.05, 0) is 68.6 Å². The van der Waals surface area contributed by atoms with Crippen molar-refractivity contribution in [2.24, 2.45) is 5.73 Å². The highest BCUT2D eigenvalue weighted by atomic mass is 32.2. The molecule has 3 unspecified atom stereocenters. The van der Waals surface area contributed by atoms with E-state index in [2.05, 4.69) is 10.6 Å². The third kappa shape index (κ3) is 8.08. The van der Waals surface area contributed by atoms with Crippen LogP contribution in [-0.2, 0) is 24.3 Å². The number of benzene rings is 3. The standard InChI is InChI=1S/C34H38FN5O8S/c1-19-26-14-27-30(15-29(26)40(49(4,43)44)17-25(46-19)18-45-34(42)28(37)13-22(36)16-38-2)48-32(31(27)33(41)39-3)20-5-9-23(10-6-20)47-24-11-7-21(35)8-12-24/h5-12,14-15,19,25,28,36,38H,13,16-18,37H2,1-4H3,(H,39,41). The average molecular weight is 696 g/mol. The maximum atomic E-state index is 13.3. The first-order valence-electron chi connectivity index (χ1n) is 15.4. The Morgan fingerprint density at radius 1 is 1.10 bits per heavy atom. The molecule has 0 fully saturated rings. The van der Waals surface area contributed by atoms with Gasteiger partial charge in [-0.1, -0.05) is 0 Å². The molecule has 4 aromatic rings. The van der Waals surface area contributed by atoms with Crippen molar-refractivity contribution in [1.29, 1.82) is 5.41 Å². The second-order valence-corrected chi connectivity index (χ2v) is 13.5. The van der Waals surface area contributed by atoms with Crippen molar-refractivity contribution in [1.82, 2.24) is 10.6 Å². The summed E-state index contributed by atoms with van der Waals surface area (Å²) in [6.45, 7) is 1.56. The summed E-state index contributed by atoms with van der Waals surface area (Å²) in [6, 6.07) is 14.6. The number of nitrogens with one attached hydrogen (secondary N) is 3. The summed E-state index contributed by atoms with van der Waals surface area (Å²) in [7, 11) is -0.706. The predicted octanol–water partition coefficient (Wildman–Crippen LogP) is 4.12. The number of carbonyl (C=O) groups excluding carboxylic acids is 2. The fraction of sp³-hybridized carbons (Fsp3) is 0.324. The molecule has 13 nitrogen and oxygen atoms in total. The van der Waals surface area contributed by atoms with Gasteiger partial charge in [0.15, 0.2) is 0 Å². The number of rotatable bonds is 12. The summed E-state index contributed by atoms with van der Waals surface area (Å²) in [5.41, 5.74) is 7.99. The van der Waals surface area contributed by atoms with E-state index < -0.39 is 40.1 Å². The topological polar surface area (TPSA) is 186 Å². The maximum Gasteiger partial charge on any atom is 0.323 e. The molecule has 0 bridgehead atoms. The Morgan fingerprint density at radius 2 is 1.76 bits per heavy atom. The van der Waals surface area contributed by atoms with Crippen LogP contribution in [0.25, 0.3) is 22.3 Å². The summed E-state index contributed by atoms with van der Waals surface area (Å²) in [5, 5.41) is 13.8. The molecule has 1 aliphatic rings. The van der Waals surface area contributed by atoms with Gasteiger partial charge in [-0.2, -0.15) is 0 Å². The molecule has 1 aromatic heterocycles. The van der Waals surface area contributed by atoms with Crippen molar-refractivity contribution in [3.05, 3.63) is 77.6 Å². The van der Waals surface area contributed by atoms with E-state index in [9.17, 15) is 22.4 Å². The Labute approximate surface area is 283 Å². The van der Waals surface area contributed by atoms with E-state index in [1.54, 1.807) is 50.4 Å². The second kappa shape index (κ2) is 14.7. The fourth-order valence-corrected chi connectivity index (χ4v) is 6.52. The van der Waals surface area contributed by atoms with Gasteiger partial charge >= 0.3 is 5.97 Å². The van der Waals surface area contributed by atoms with Gasteiger partial charge < -0.3 is 40.4 Å². The fourth-order valence-electron chi connectivity index (χ4n) is 5.57. The van der Waals surface area contributed by atoms with E-state index in [0.717, 1.165) is 10.6 Å². The third-order valence-electron chi connectivity index (χ3n) is 7.90. The molecule has 49 heavy (non-hydrogen) atoms. The number of furan rings is 1. The monoisotopic (exact) mass is 695 g/mol. The van der Waals surface area contributed by atoms with Gasteiger partial charge in [0, 0.05) is 48.3 Å². The average Bonchev–Trinajstić information content (AvgIpc) is 3.37. The van der Waals surface area contributed by atoms with Gasteiger partial charge in [-0.3, -0.25) is 13.9 Å². The molecule has 0 saturated heterocycles. The number of hydrogen-bond acceptors (Lipinski definition) is 11. The van der Waals surface area contributed by atoms with Gasteiger partial charge in [-0.25, -0.2) is 12.8 Å². The van der Waals surface area contributed by atoms with Crippen molar-refractivity contribution in [2.75, 3.05) is 44.4 Å². The lowest BCUT2D eigenvalue weighted by atomic mass is 10.0. The number of esters is 1. The first-order chi connectivity index (χ1) is 23.3. The first kappa shape index (κ1) is 35.5. The zero-order valence-electron chi connectivity index (χ0n) is 27.4. The molecule has 1 amide bonds. The molecule has 0 radical (unpaired) electrons. The summed E-state index contributed by atoms with van der Waals surface area (Å²) >= 11 is 0. The van der Waals surface area contributed by atoms with Crippen LogP contribution >= 0.6 is 0 Å². The van der Waals surface area contributed by atoms with Crippen LogP contribution in [0.4, 0.5) is 10.1 Å². The molecule has 2 heterocycles. The van der Waals surface area contributed by atoms with Crippen LogP contribution in [0.5, 0.6) is 11.5 Å². The highest BCUT2D eigenvalue weighted by Gasteiger charge is 2.34. The zero-order valence-corrected chi connectivity index (χ0v) is 28.2. The summed E-state index contributed by atoms with van der Waals surface area (Å²) < 4.78 is 64.4. The molecule has 15 heteroatoms. The number of nitrogens with zero attached hydrogens (tertiary/aromatic N) is 1. The van der Waals surface area contributed by atoms with Gasteiger partial charge in [0.05, 0.1) is 30.2 Å². The minimum absolute atomic E-state index is 0.00511. The maximum absolute atomic E-state index is 13.3. The number of hydrogen-bond donors (Lipinski definition) is 4. The van der Waals surface area contributed by atoms with E-state index in [4.69, 9.17) is 29.8 Å². The smallest absolute Gasteiger partial charge is 0.323 e. The molecule has 5 N–H and O–H groups in total. The van der Waals surface area contributed by atoms with Gasteiger partial charge in [-0.15, -0.1) is 0 Å². The van der Waals surface area contributed by atoms with Crippen LogP contribution in [0.2, 0.25) is 0 Å². The van der Waals surface area contributed by atoms with Crippen LogP contribution in [0, 0.1) is 11.2 Å². The summed E-state index contributed by atoms with van der Waals surface area (Å²) in [6.07, 6.45) is -0.486. The lowest BCUT2D eigenvalue weighted by molar-refractivity contribution is -0.150. The Morgan fingerprint density at radius 3 is 2.37 bits per heavy atom. The number of ether oxygens (including phenoxy) is 3. The molecule has 0 spiro atoms. The van der Waals surface area contributed by atoms with E-state index in [-0.39, 0.29) is 54.6 Å². The van der Waals surface area contributed by atoms with Crippen molar-refractivity contribution in [3.63, 3.8) is 0 Å². The summed E-state index contributed by atoms with van der Waals surface area (Å²) in [5.74, 6) is -0.363. The highest BCUT2D eigenvalue weighted by Crippen LogP contribution is 2.42. The molecule has 5 rings (SSSR count). The highest BCUT2D eigenvalue weighted by molar-refractivity contribution is 7.92. The quantitative estimate of drug-likeness (QED) is 0.124. The minimum Gasteiger partial charge on any atom is -0.462 e. The number of anilines is 1. The molecular weight excluding hydrogens is 657 g/mol. The van der Waals surface area contributed by atoms with Crippen LogP contribution < -0.4 is 25.4 Å². The second-order valence-electron chi connectivity index (χ2n) is 11.6. The van der Waals surface area contributed by atoms with Crippen LogP contribution in [0.15, 0.2) is 65.1 Å². The molecule has 0 saturated carbocycles. The first-order valence-corrected chi connectivity index (χ1v) is 17.3. The van der Waals surface area contributed by atoms with Gasteiger partial charge in [0.25, 0.3) is 5.91 Å². The number of carbonyl (C=O) groups is 2. The number of sulfonamides is 1. The van der Waals surface area contributed by atoms with Crippen molar-refractivity contribution in [3.8, 4) is 22.8 Å². The molecule has 3 aromatic carbocycles. The van der Waals surface area contributed by atoms with Crippen molar-refractivity contribution < 1.29 is 41.0 Å². The van der Waals surface area contributed by atoms with Gasteiger partial charge in [0.2, 0.25) is 10.0 Å². The number of nitrogens with two attached hydrogens (primary N) is 1. The number of amides is 1. The van der Waals surface area contributed by atoms with Crippen LogP contribution in [0.1, 0.15) is 35.4 Å². The van der Waals surface area contributed by atoms with Crippen LogP contribution in [0.3, 0.4) is 0 Å². The van der Waals surface area contributed by atoms with E-state index in [1.807, 2.05) is 0 Å². The Hall–Kier alpha value is -4.83. The minimum atomic E-state index is -3.88. The lowest BCUT2D eigenvalue weighted by Gasteiger charge is -2.25. The molecule has 260 valence electrons. The Kier molecular flexibility index (Phi) is 10.7. The SMILES string of the molecule is CNCC(=N)CC(N)C(=O)OCC1CN(S(C)(=O)=O)c2cc3oc(-c4ccc(Oc5ccc(F)cc5)cc4)c(C(=O)NC)c3cc2C(C)O1. The van der Waals surface area contributed by atoms with Gasteiger partial charge in [0.1, 0.15) is 47.4 Å². The normalized spacial score (nSPS) is 16.8. The van der Waals surface area contributed by atoms with E-state index in [1.165, 1.54) is 31.3 Å².